The molecule has 0 aromatic carbocycles. The van der Waals surface area contributed by atoms with Crippen molar-refractivity contribution in [2.24, 2.45) is 11.7 Å². The van der Waals surface area contributed by atoms with Gasteiger partial charge in [-0.15, -0.1) is 0 Å². The zero-order valence-corrected chi connectivity index (χ0v) is 10.2. The predicted octanol–water partition coefficient (Wildman–Crippen LogP) is 0.563. The molecule has 0 aromatic heterocycles. The molecule has 0 amide bonds. The Hall–Kier alpha value is -0.675. The van der Waals surface area contributed by atoms with Gasteiger partial charge in [0, 0.05) is 6.04 Å². The Morgan fingerprint density at radius 1 is 1.29 bits per heavy atom. The van der Waals surface area contributed by atoms with Crippen LogP contribution in [0.5, 0.6) is 0 Å². The van der Waals surface area contributed by atoms with E-state index >= 15 is 0 Å². The summed E-state index contributed by atoms with van der Waals surface area (Å²) in [5, 5.41) is 17.3. The third-order valence-corrected chi connectivity index (χ3v) is 3.15. The Labute approximate surface area is 103 Å². The lowest BCUT2D eigenvalue weighted by Crippen LogP contribution is -2.26. The van der Waals surface area contributed by atoms with E-state index in [9.17, 15) is 0 Å². The summed E-state index contributed by atoms with van der Waals surface area (Å²) in [4.78, 5) is 16.2. The molecule has 5 nitrogen and oxygen atoms in total. The number of unbranched alkanes of at least 4 members (excludes halogenated alkanes) is 1. The summed E-state index contributed by atoms with van der Waals surface area (Å²) in [7, 11) is -1.14. The number of hydrogen-bond donors (Lipinski definition) is 3. The van der Waals surface area contributed by atoms with Crippen LogP contribution in [0.15, 0.2) is 0 Å². The van der Waals surface area contributed by atoms with Gasteiger partial charge in [0.05, 0.1) is 0 Å². The normalized spacial score (nSPS) is 16.2. The lowest BCUT2D eigenvalue weighted by atomic mass is 9.79. The van der Waals surface area contributed by atoms with Crippen LogP contribution in [0.1, 0.15) is 44.9 Å². The number of carbonyl (C=O) groups excluding carboxylic acids is 2. The molecule has 4 N–H and O–H groups in total. The van der Waals surface area contributed by atoms with E-state index in [2.05, 4.69) is 0 Å². The van der Waals surface area contributed by atoms with Gasteiger partial charge in [-0.25, -0.2) is 0 Å². The van der Waals surface area contributed by atoms with Crippen molar-refractivity contribution in [2.75, 3.05) is 0 Å². The van der Waals surface area contributed by atoms with Crippen LogP contribution in [0.3, 0.4) is 0 Å². The van der Waals surface area contributed by atoms with E-state index in [1.165, 1.54) is 25.7 Å². The van der Waals surface area contributed by atoms with Crippen LogP contribution in [0.2, 0.25) is 6.32 Å². The number of hydrogen-bond acceptors (Lipinski definition) is 5. The molecular weight excluding hydrogens is 221 g/mol. The molecule has 0 spiro atoms. The minimum Gasteiger partial charge on any atom is -0.427 e. The molecule has 0 heterocycles. The monoisotopic (exact) mass is 243 g/mol. The van der Waals surface area contributed by atoms with Crippen LogP contribution in [0, 0.1) is 5.92 Å². The van der Waals surface area contributed by atoms with Crippen molar-refractivity contribution < 1.29 is 19.6 Å². The van der Waals surface area contributed by atoms with Gasteiger partial charge in [0.1, 0.15) is 0 Å². The highest BCUT2D eigenvalue weighted by molar-refractivity contribution is 6.40. The van der Waals surface area contributed by atoms with Crippen molar-refractivity contribution in [2.45, 2.75) is 57.3 Å². The Balaban J connectivity index is 0.000000770. The lowest BCUT2D eigenvalue weighted by Gasteiger charge is -2.28. The van der Waals surface area contributed by atoms with Crippen molar-refractivity contribution in [3.05, 3.63) is 0 Å². The first-order valence-electron chi connectivity index (χ1n) is 6.21. The minimum absolute atomic E-state index is 0.250. The highest BCUT2D eigenvalue weighted by Crippen LogP contribution is 2.30. The lowest BCUT2D eigenvalue weighted by molar-refractivity contribution is -0.191. The molecular formula is C11H22BNO4. The molecule has 98 valence electrons. The third-order valence-electron chi connectivity index (χ3n) is 3.15. The largest absolute Gasteiger partial charge is 0.451 e. The molecule has 1 aliphatic rings. The average molecular weight is 243 g/mol. The number of nitrogens with two attached hydrogens (primary N) is 1. The maximum absolute atomic E-state index is 8.63. The van der Waals surface area contributed by atoms with Gasteiger partial charge in [-0.1, -0.05) is 32.1 Å². The molecule has 1 atom stereocenters. The van der Waals surface area contributed by atoms with Crippen LogP contribution in [0.25, 0.3) is 0 Å². The maximum atomic E-state index is 8.63. The van der Waals surface area contributed by atoms with Gasteiger partial charge in [0.15, 0.2) is 0 Å². The van der Waals surface area contributed by atoms with E-state index in [1.54, 1.807) is 0 Å². The molecule has 1 fully saturated rings. The van der Waals surface area contributed by atoms with Gasteiger partial charge in [-0.05, 0) is 25.1 Å². The van der Waals surface area contributed by atoms with Gasteiger partial charge < -0.3 is 15.8 Å². The molecule has 1 aliphatic carbocycles. The van der Waals surface area contributed by atoms with E-state index in [4.69, 9.17) is 25.4 Å². The van der Waals surface area contributed by atoms with E-state index in [0.29, 0.717) is 12.4 Å². The van der Waals surface area contributed by atoms with Crippen molar-refractivity contribution in [1.82, 2.24) is 0 Å². The van der Waals surface area contributed by atoms with Gasteiger partial charge >= 0.3 is 13.3 Å². The summed E-state index contributed by atoms with van der Waals surface area (Å²) in [6.45, 7) is 0. The quantitative estimate of drug-likeness (QED) is 0.448. The van der Waals surface area contributed by atoms with E-state index in [0.717, 1.165) is 25.2 Å². The van der Waals surface area contributed by atoms with Gasteiger partial charge in [0.25, 0.3) is 0 Å². The highest BCUT2D eigenvalue weighted by Gasteiger charge is 2.19. The third kappa shape index (κ3) is 10.2. The fraction of sp³-hybridized carbons (Fsp3) is 0.909. The molecule has 0 radical (unpaired) electrons. The minimum atomic E-state index is -1.14. The Morgan fingerprint density at radius 3 is 2.29 bits per heavy atom. The number of rotatable bonds is 7. The zero-order chi connectivity index (χ0) is 13.1. The second-order valence-corrected chi connectivity index (χ2v) is 4.64. The molecule has 1 saturated carbocycles. The van der Waals surface area contributed by atoms with Crippen LogP contribution in [-0.4, -0.2) is 29.4 Å². The van der Waals surface area contributed by atoms with E-state index < -0.39 is 7.12 Å². The van der Waals surface area contributed by atoms with Crippen LogP contribution < -0.4 is 5.73 Å². The molecule has 1 unspecified atom stereocenters. The summed E-state index contributed by atoms with van der Waals surface area (Å²) in [6.07, 6.45) is 8.93. The SMILES string of the molecule is NC(CCCCB(O)O)CC1CCC1.O=C=O. The summed E-state index contributed by atoms with van der Waals surface area (Å²) in [5.74, 6) is 0.883. The van der Waals surface area contributed by atoms with Crippen molar-refractivity contribution >= 4 is 13.3 Å². The molecule has 0 saturated heterocycles. The maximum Gasteiger partial charge on any atom is 0.451 e. The molecule has 0 bridgehead atoms. The van der Waals surface area contributed by atoms with E-state index in [1.807, 2.05) is 0 Å². The Kier molecular flexibility index (Phi) is 10.1. The fourth-order valence-electron chi connectivity index (χ4n) is 2.01. The molecule has 0 aromatic rings. The first kappa shape index (κ1) is 16.3. The first-order chi connectivity index (χ1) is 8.10. The first-order valence-corrected chi connectivity index (χ1v) is 6.21. The summed E-state index contributed by atoms with van der Waals surface area (Å²) < 4.78 is 0. The summed E-state index contributed by atoms with van der Waals surface area (Å²) in [6, 6.07) is 0.330. The Morgan fingerprint density at radius 2 is 1.88 bits per heavy atom. The molecule has 6 heteroatoms. The van der Waals surface area contributed by atoms with Crippen molar-refractivity contribution in [3.8, 4) is 0 Å². The Bertz CT molecular complexity index is 216. The van der Waals surface area contributed by atoms with Crippen LogP contribution >= 0.6 is 0 Å². The van der Waals surface area contributed by atoms with Gasteiger partial charge in [-0.2, -0.15) is 9.59 Å². The fourth-order valence-corrected chi connectivity index (χ4v) is 2.01. The zero-order valence-electron chi connectivity index (χ0n) is 10.2. The smallest absolute Gasteiger partial charge is 0.427 e. The molecule has 0 aliphatic heterocycles. The molecule has 1 rings (SSSR count). The van der Waals surface area contributed by atoms with Gasteiger partial charge in [-0.3, -0.25) is 0 Å². The van der Waals surface area contributed by atoms with Crippen LogP contribution in [-0.2, 0) is 9.59 Å². The molecule has 17 heavy (non-hydrogen) atoms. The predicted molar refractivity (Wildman–Crippen MR) is 63.8 cm³/mol. The highest BCUT2D eigenvalue weighted by atomic mass is 16.4. The summed E-state index contributed by atoms with van der Waals surface area (Å²) in [5.41, 5.74) is 5.98. The second kappa shape index (κ2) is 10.5. The van der Waals surface area contributed by atoms with Crippen molar-refractivity contribution in [1.29, 1.82) is 0 Å². The van der Waals surface area contributed by atoms with Gasteiger partial charge in [0.2, 0.25) is 0 Å². The topological polar surface area (TPSA) is 101 Å². The van der Waals surface area contributed by atoms with Crippen LogP contribution in [0.4, 0.5) is 0 Å². The average Bonchev–Trinajstić information content (AvgIpc) is 2.19. The van der Waals surface area contributed by atoms with Crippen molar-refractivity contribution in [3.63, 3.8) is 0 Å². The van der Waals surface area contributed by atoms with E-state index in [-0.39, 0.29) is 6.15 Å². The second-order valence-electron chi connectivity index (χ2n) is 4.64. The summed E-state index contributed by atoms with van der Waals surface area (Å²) >= 11 is 0. The standard InChI is InChI=1S/C10H22BNO2.CO2/c12-10(8-9-4-3-5-9)6-1-2-7-11(13)14;2-1-3/h9-10,13-14H,1-8,12H2;.